The standard InChI is InChI=1S/C14H24F2N2O3/c1-4-9(3)12-14(20)18(6-7-21-8-11(15)16)10(5-2)13(19)17-12/h9-12H,4-8H2,1-3H3,(H,17,19). The molecular weight excluding hydrogens is 282 g/mol. The number of halogens is 2. The minimum atomic E-state index is -2.53. The maximum atomic E-state index is 12.5. The molecule has 1 fully saturated rings. The van der Waals surface area contributed by atoms with Crippen molar-refractivity contribution in [3.63, 3.8) is 0 Å². The molecule has 5 nitrogen and oxygen atoms in total. The molecule has 0 spiro atoms. The zero-order valence-electron chi connectivity index (χ0n) is 12.8. The van der Waals surface area contributed by atoms with Crippen LogP contribution in [-0.2, 0) is 14.3 Å². The second-order valence-electron chi connectivity index (χ2n) is 5.29. The fraction of sp³-hybridized carbons (Fsp3) is 0.857. The van der Waals surface area contributed by atoms with Crippen molar-refractivity contribution in [3.8, 4) is 0 Å². The van der Waals surface area contributed by atoms with Crippen LogP contribution in [0.15, 0.2) is 0 Å². The highest BCUT2D eigenvalue weighted by Crippen LogP contribution is 2.19. The van der Waals surface area contributed by atoms with Gasteiger partial charge in [0.15, 0.2) is 0 Å². The zero-order chi connectivity index (χ0) is 16.0. The maximum absolute atomic E-state index is 12.5. The van der Waals surface area contributed by atoms with Gasteiger partial charge in [0.1, 0.15) is 18.7 Å². The molecule has 122 valence electrons. The normalized spacial score (nSPS) is 24.4. The molecule has 0 radical (unpaired) electrons. The fourth-order valence-corrected chi connectivity index (χ4v) is 2.41. The van der Waals surface area contributed by atoms with Crippen molar-refractivity contribution >= 4 is 11.8 Å². The number of nitrogens with zero attached hydrogens (tertiary/aromatic N) is 1. The predicted octanol–water partition coefficient (Wildman–Crippen LogP) is 1.42. The van der Waals surface area contributed by atoms with E-state index in [-0.39, 0.29) is 30.9 Å². The number of piperazine rings is 1. The van der Waals surface area contributed by atoms with Crippen molar-refractivity contribution in [2.24, 2.45) is 5.92 Å². The van der Waals surface area contributed by atoms with E-state index in [0.29, 0.717) is 6.42 Å². The Morgan fingerprint density at radius 2 is 2.00 bits per heavy atom. The molecule has 0 bridgehead atoms. The van der Waals surface area contributed by atoms with Crippen molar-refractivity contribution in [1.29, 1.82) is 0 Å². The third-order valence-electron chi connectivity index (χ3n) is 3.85. The van der Waals surface area contributed by atoms with E-state index in [2.05, 4.69) is 5.32 Å². The van der Waals surface area contributed by atoms with Crippen LogP contribution in [0, 0.1) is 5.92 Å². The Morgan fingerprint density at radius 3 is 2.52 bits per heavy atom. The topological polar surface area (TPSA) is 58.6 Å². The van der Waals surface area contributed by atoms with Crippen LogP contribution in [0.5, 0.6) is 0 Å². The Hall–Kier alpha value is -1.24. The van der Waals surface area contributed by atoms with Crippen molar-refractivity contribution in [1.82, 2.24) is 10.2 Å². The number of amides is 2. The lowest BCUT2D eigenvalue weighted by atomic mass is 9.93. The number of carbonyl (C=O) groups excluding carboxylic acids is 2. The molecule has 0 saturated carbocycles. The molecule has 1 saturated heterocycles. The summed E-state index contributed by atoms with van der Waals surface area (Å²) in [4.78, 5) is 26.0. The summed E-state index contributed by atoms with van der Waals surface area (Å²) < 4.78 is 28.9. The largest absolute Gasteiger partial charge is 0.374 e. The van der Waals surface area contributed by atoms with Crippen LogP contribution < -0.4 is 5.32 Å². The van der Waals surface area contributed by atoms with Gasteiger partial charge >= 0.3 is 0 Å². The number of rotatable bonds is 8. The third kappa shape index (κ3) is 4.62. The molecule has 0 aromatic heterocycles. The molecule has 1 aliphatic rings. The van der Waals surface area contributed by atoms with E-state index < -0.39 is 25.1 Å². The summed E-state index contributed by atoms with van der Waals surface area (Å²) in [7, 11) is 0. The van der Waals surface area contributed by atoms with Crippen molar-refractivity contribution in [3.05, 3.63) is 0 Å². The van der Waals surface area contributed by atoms with Crippen molar-refractivity contribution in [2.45, 2.75) is 52.1 Å². The number of alkyl halides is 2. The lowest BCUT2D eigenvalue weighted by Crippen LogP contribution is -2.65. The van der Waals surface area contributed by atoms with Crippen LogP contribution in [-0.4, -0.2) is 55.0 Å². The first-order chi connectivity index (χ1) is 9.92. The van der Waals surface area contributed by atoms with Crippen LogP contribution in [0.2, 0.25) is 0 Å². The molecule has 0 aliphatic carbocycles. The number of hydrogen-bond donors (Lipinski definition) is 1. The summed E-state index contributed by atoms with van der Waals surface area (Å²) in [5.74, 6) is -0.309. The minimum Gasteiger partial charge on any atom is -0.374 e. The fourth-order valence-electron chi connectivity index (χ4n) is 2.41. The van der Waals surface area contributed by atoms with Crippen LogP contribution >= 0.6 is 0 Å². The Labute approximate surface area is 124 Å². The van der Waals surface area contributed by atoms with Gasteiger partial charge in [-0.1, -0.05) is 27.2 Å². The summed E-state index contributed by atoms with van der Waals surface area (Å²) >= 11 is 0. The van der Waals surface area contributed by atoms with E-state index in [1.54, 1.807) is 0 Å². The number of carbonyl (C=O) groups is 2. The quantitative estimate of drug-likeness (QED) is 0.690. The Bertz CT molecular complexity index is 366. The molecule has 2 amide bonds. The average Bonchev–Trinajstić information content (AvgIpc) is 2.45. The molecule has 3 atom stereocenters. The van der Waals surface area contributed by atoms with E-state index in [9.17, 15) is 18.4 Å². The molecule has 1 rings (SSSR count). The predicted molar refractivity (Wildman–Crippen MR) is 74.0 cm³/mol. The van der Waals surface area contributed by atoms with Gasteiger partial charge < -0.3 is 15.0 Å². The number of ether oxygens (including phenoxy) is 1. The number of hydrogen-bond acceptors (Lipinski definition) is 3. The van der Waals surface area contributed by atoms with Crippen LogP contribution in [0.25, 0.3) is 0 Å². The molecule has 7 heteroatoms. The monoisotopic (exact) mass is 306 g/mol. The molecule has 1 aliphatic heterocycles. The highest BCUT2D eigenvalue weighted by Gasteiger charge is 2.41. The zero-order valence-corrected chi connectivity index (χ0v) is 12.8. The SMILES string of the molecule is CCC(C)C1NC(=O)C(CC)N(CCOCC(F)F)C1=O. The molecule has 1 N–H and O–H groups in total. The lowest BCUT2D eigenvalue weighted by Gasteiger charge is -2.40. The highest BCUT2D eigenvalue weighted by atomic mass is 19.3. The van der Waals surface area contributed by atoms with E-state index in [1.165, 1.54) is 4.90 Å². The average molecular weight is 306 g/mol. The number of nitrogens with one attached hydrogen (secondary N) is 1. The highest BCUT2D eigenvalue weighted by molar-refractivity contribution is 5.97. The summed E-state index contributed by atoms with van der Waals surface area (Å²) in [5.41, 5.74) is 0. The smallest absolute Gasteiger partial charge is 0.261 e. The van der Waals surface area contributed by atoms with Gasteiger partial charge in [-0.15, -0.1) is 0 Å². The van der Waals surface area contributed by atoms with E-state index in [1.807, 2.05) is 20.8 Å². The summed E-state index contributed by atoms with van der Waals surface area (Å²) in [5, 5.41) is 2.77. The van der Waals surface area contributed by atoms with Gasteiger partial charge in [-0.3, -0.25) is 9.59 Å². The minimum absolute atomic E-state index is 0.00703. The first-order valence-electron chi connectivity index (χ1n) is 7.39. The van der Waals surface area contributed by atoms with Gasteiger partial charge in [0.2, 0.25) is 11.8 Å². The summed E-state index contributed by atoms with van der Waals surface area (Å²) in [6.07, 6.45) is -1.27. The third-order valence-corrected chi connectivity index (χ3v) is 3.85. The molecule has 0 aromatic carbocycles. The Kier molecular flexibility index (Phi) is 7.01. The summed E-state index contributed by atoms with van der Waals surface area (Å²) in [6, 6.07) is -1.09. The molecule has 1 heterocycles. The van der Waals surface area contributed by atoms with Crippen molar-refractivity contribution < 1.29 is 23.1 Å². The first kappa shape index (κ1) is 17.8. The molecule has 21 heavy (non-hydrogen) atoms. The Morgan fingerprint density at radius 1 is 1.33 bits per heavy atom. The second kappa shape index (κ2) is 8.26. The van der Waals surface area contributed by atoms with Crippen LogP contribution in [0.3, 0.4) is 0 Å². The van der Waals surface area contributed by atoms with E-state index in [0.717, 1.165) is 6.42 Å². The molecular formula is C14H24F2N2O3. The summed E-state index contributed by atoms with van der Waals surface area (Å²) in [6.45, 7) is 5.18. The van der Waals surface area contributed by atoms with Gasteiger partial charge in [0.05, 0.1) is 6.61 Å². The van der Waals surface area contributed by atoms with Gasteiger partial charge in [-0.25, -0.2) is 8.78 Å². The van der Waals surface area contributed by atoms with Crippen LogP contribution in [0.1, 0.15) is 33.6 Å². The van der Waals surface area contributed by atoms with Gasteiger partial charge in [0.25, 0.3) is 6.43 Å². The second-order valence-corrected chi connectivity index (χ2v) is 5.29. The van der Waals surface area contributed by atoms with Crippen LogP contribution in [0.4, 0.5) is 8.78 Å². The van der Waals surface area contributed by atoms with E-state index in [4.69, 9.17) is 4.74 Å². The lowest BCUT2D eigenvalue weighted by molar-refractivity contribution is -0.152. The van der Waals surface area contributed by atoms with E-state index >= 15 is 0 Å². The maximum Gasteiger partial charge on any atom is 0.261 e. The van der Waals surface area contributed by atoms with Crippen molar-refractivity contribution in [2.75, 3.05) is 19.8 Å². The molecule has 3 unspecified atom stereocenters. The van der Waals surface area contributed by atoms with Gasteiger partial charge in [0, 0.05) is 6.54 Å². The molecule has 0 aromatic rings. The van der Waals surface area contributed by atoms with Gasteiger partial charge in [-0.2, -0.15) is 0 Å². The van der Waals surface area contributed by atoms with Gasteiger partial charge in [-0.05, 0) is 12.3 Å². The Balaban J connectivity index is 2.69. The first-order valence-corrected chi connectivity index (χ1v) is 7.39.